The van der Waals surface area contributed by atoms with Gasteiger partial charge in [-0.2, -0.15) is 4.98 Å². The molecule has 3 heterocycles. The lowest BCUT2D eigenvalue weighted by Gasteiger charge is -2.39. The number of oxazole rings is 1. The first kappa shape index (κ1) is 21.6. The Morgan fingerprint density at radius 2 is 2.00 bits per heavy atom. The van der Waals surface area contributed by atoms with Gasteiger partial charge in [0.05, 0.1) is 15.9 Å². The van der Waals surface area contributed by atoms with Gasteiger partial charge in [0.2, 0.25) is 0 Å². The molecule has 0 saturated carbocycles. The van der Waals surface area contributed by atoms with E-state index in [1.54, 1.807) is 12.1 Å². The van der Waals surface area contributed by atoms with Crippen molar-refractivity contribution in [3.05, 3.63) is 65.0 Å². The molecular weight excluding hydrogens is 439 g/mol. The third-order valence-electron chi connectivity index (χ3n) is 6.18. The van der Waals surface area contributed by atoms with Crippen molar-refractivity contribution in [1.82, 2.24) is 14.9 Å². The van der Waals surface area contributed by atoms with Gasteiger partial charge < -0.3 is 14.6 Å². The van der Waals surface area contributed by atoms with Crippen LogP contribution in [0.15, 0.2) is 52.9 Å². The molecule has 6 nitrogen and oxygen atoms in total. The van der Waals surface area contributed by atoms with Crippen LogP contribution >= 0.6 is 11.3 Å². The van der Waals surface area contributed by atoms with Crippen LogP contribution in [0.2, 0.25) is 0 Å². The van der Waals surface area contributed by atoms with E-state index in [1.807, 2.05) is 36.1 Å². The van der Waals surface area contributed by atoms with E-state index in [2.05, 4.69) is 22.2 Å². The summed E-state index contributed by atoms with van der Waals surface area (Å²) in [6, 6.07) is 14.3. The zero-order valence-electron chi connectivity index (χ0n) is 18.5. The molecule has 33 heavy (non-hydrogen) atoms. The molecule has 2 aromatic carbocycles. The van der Waals surface area contributed by atoms with Crippen LogP contribution < -0.4 is 5.32 Å². The molecule has 4 aromatic rings. The second kappa shape index (κ2) is 8.94. The number of likely N-dealkylation sites (tertiary alicyclic amines) is 1. The van der Waals surface area contributed by atoms with Gasteiger partial charge in [0.15, 0.2) is 5.58 Å². The highest BCUT2D eigenvalue weighted by Gasteiger charge is 2.34. The fourth-order valence-corrected chi connectivity index (χ4v) is 5.37. The predicted octanol–water partition coefficient (Wildman–Crippen LogP) is 5.75. The minimum atomic E-state index is -0.303. The summed E-state index contributed by atoms with van der Waals surface area (Å²) in [6.07, 6.45) is 1.99. The van der Waals surface area contributed by atoms with Crippen molar-refractivity contribution < 1.29 is 13.6 Å². The molecule has 8 heteroatoms. The van der Waals surface area contributed by atoms with E-state index in [0.29, 0.717) is 30.7 Å². The first-order valence-corrected chi connectivity index (χ1v) is 11.9. The number of aryl methyl sites for hydroxylation is 1. The Morgan fingerprint density at radius 3 is 2.79 bits per heavy atom. The Hall–Kier alpha value is -3.26. The van der Waals surface area contributed by atoms with E-state index in [-0.39, 0.29) is 17.8 Å². The van der Waals surface area contributed by atoms with Crippen molar-refractivity contribution in [2.24, 2.45) is 5.92 Å². The summed E-state index contributed by atoms with van der Waals surface area (Å²) in [7, 11) is 0. The molecule has 170 valence electrons. The van der Waals surface area contributed by atoms with E-state index in [9.17, 15) is 9.18 Å². The van der Waals surface area contributed by atoms with Crippen LogP contribution in [-0.4, -0.2) is 39.9 Å². The molecule has 1 N–H and O–H groups in total. The normalized spacial score (nSPS) is 18.6. The van der Waals surface area contributed by atoms with Crippen molar-refractivity contribution in [3.8, 4) is 10.4 Å². The van der Waals surface area contributed by atoms with Gasteiger partial charge in [0.25, 0.3) is 11.9 Å². The van der Waals surface area contributed by atoms with Crippen molar-refractivity contribution in [3.63, 3.8) is 0 Å². The Bertz CT molecular complexity index is 1250. The summed E-state index contributed by atoms with van der Waals surface area (Å²) in [6.45, 7) is 5.27. The molecule has 2 unspecified atom stereocenters. The number of hydrogen-bond donors (Lipinski definition) is 1. The monoisotopic (exact) mass is 464 g/mol. The van der Waals surface area contributed by atoms with Crippen LogP contribution in [0.3, 0.4) is 0 Å². The summed E-state index contributed by atoms with van der Waals surface area (Å²) in [5, 5.41) is 4.11. The number of thiazole rings is 1. The van der Waals surface area contributed by atoms with Gasteiger partial charge in [0, 0.05) is 13.1 Å². The first-order valence-electron chi connectivity index (χ1n) is 11.1. The number of anilines is 1. The minimum absolute atomic E-state index is 0.0238. The average molecular weight is 465 g/mol. The largest absolute Gasteiger partial charge is 0.424 e. The third-order valence-corrected chi connectivity index (χ3v) is 7.20. The number of fused-ring (bicyclic) bond motifs is 1. The molecule has 0 spiro atoms. The van der Waals surface area contributed by atoms with Crippen molar-refractivity contribution in [2.45, 2.75) is 32.7 Å². The van der Waals surface area contributed by atoms with Crippen LogP contribution in [0, 0.1) is 18.7 Å². The van der Waals surface area contributed by atoms with E-state index < -0.39 is 0 Å². The summed E-state index contributed by atoms with van der Waals surface area (Å²) < 4.78 is 19.2. The van der Waals surface area contributed by atoms with Gasteiger partial charge in [-0.05, 0) is 55.5 Å². The summed E-state index contributed by atoms with van der Waals surface area (Å²) in [4.78, 5) is 25.5. The quantitative estimate of drug-likeness (QED) is 0.407. The lowest BCUT2D eigenvalue weighted by molar-refractivity contribution is 0.0534. The number of amides is 1. The number of para-hydroxylation sites is 2. The second-order valence-corrected chi connectivity index (χ2v) is 9.67. The molecule has 1 saturated heterocycles. The van der Waals surface area contributed by atoms with Gasteiger partial charge in [-0.25, -0.2) is 9.37 Å². The van der Waals surface area contributed by atoms with Gasteiger partial charge >= 0.3 is 0 Å². The molecule has 0 aliphatic carbocycles. The maximum absolute atomic E-state index is 13.7. The Morgan fingerprint density at radius 1 is 1.21 bits per heavy atom. The van der Waals surface area contributed by atoms with E-state index >= 15 is 0 Å². The Kier molecular flexibility index (Phi) is 5.85. The molecule has 2 atom stereocenters. The number of aromatic nitrogens is 2. The highest BCUT2D eigenvalue weighted by Crippen LogP contribution is 2.33. The molecule has 1 aliphatic heterocycles. The summed E-state index contributed by atoms with van der Waals surface area (Å²) >= 11 is 1.46. The number of hydrogen-bond acceptors (Lipinski definition) is 6. The van der Waals surface area contributed by atoms with E-state index in [4.69, 9.17) is 4.42 Å². The van der Waals surface area contributed by atoms with Gasteiger partial charge in [-0.15, -0.1) is 11.3 Å². The topological polar surface area (TPSA) is 71.3 Å². The fourth-order valence-electron chi connectivity index (χ4n) is 4.46. The Balaban J connectivity index is 1.39. The number of benzene rings is 2. The maximum atomic E-state index is 13.7. The molecule has 0 radical (unpaired) electrons. The van der Waals surface area contributed by atoms with Crippen LogP contribution in [-0.2, 0) is 0 Å². The zero-order chi connectivity index (χ0) is 22.9. The number of nitrogens with zero attached hydrogens (tertiary/aromatic N) is 3. The zero-order valence-corrected chi connectivity index (χ0v) is 19.4. The van der Waals surface area contributed by atoms with E-state index in [0.717, 1.165) is 39.4 Å². The molecule has 1 aliphatic rings. The lowest BCUT2D eigenvalue weighted by atomic mass is 9.90. The first-order chi connectivity index (χ1) is 16.0. The number of carbonyl (C=O) groups excluding carboxylic acids is 1. The molecule has 0 bridgehead atoms. The number of nitrogens with one attached hydrogen (secondary N) is 1. The SMILES string of the molecule is Cc1nc(C(=O)N2CCCC(C)C2CNc2nc3ccccc3o2)c(-c2ccc(F)cc2)s1. The number of piperidine rings is 1. The molecule has 1 amide bonds. The lowest BCUT2D eigenvalue weighted by Crippen LogP contribution is -2.51. The summed E-state index contributed by atoms with van der Waals surface area (Å²) in [5.41, 5.74) is 2.76. The number of carbonyl (C=O) groups is 1. The van der Waals surface area contributed by atoms with Crippen molar-refractivity contribution >= 4 is 34.4 Å². The number of halogens is 1. The third kappa shape index (κ3) is 4.35. The predicted molar refractivity (Wildman–Crippen MR) is 128 cm³/mol. The molecule has 1 fully saturated rings. The summed E-state index contributed by atoms with van der Waals surface area (Å²) in [5.74, 6) is -0.0776. The molecule has 5 rings (SSSR count). The smallest absolute Gasteiger partial charge is 0.295 e. The van der Waals surface area contributed by atoms with Crippen LogP contribution in [0.25, 0.3) is 21.5 Å². The highest BCUT2D eigenvalue weighted by molar-refractivity contribution is 7.15. The molecular formula is C25H25FN4O2S. The average Bonchev–Trinajstić information content (AvgIpc) is 3.41. The van der Waals surface area contributed by atoms with Crippen LogP contribution in [0.1, 0.15) is 35.3 Å². The van der Waals surface area contributed by atoms with Crippen LogP contribution in [0.4, 0.5) is 10.4 Å². The maximum Gasteiger partial charge on any atom is 0.295 e. The molecule has 2 aromatic heterocycles. The van der Waals surface area contributed by atoms with Gasteiger partial charge in [-0.1, -0.05) is 31.2 Å². The van der Waals surface area contributed by atoms with Gasteiger partial charge in [0.1, 0.15) is 17.0 Å². The van der Waals surface area contributed by atoms with Crippen molar-refractivity contribution in [2.75, 3.05) is 18.4 Å². The van der Waals surface area contributed by atoms with Gasteiger partial charge in [-0.3, -0.25) is 4.79 Å². The Labute approximate surface area is 195 Å². The standard InChI is InChI=1S/C25H25FN4O2S/c1-15-6-5-13-30(20(15)14-27-25-29-19-7-3-4-8-21(19)32-25)24(31)22-23(33-16(2)28-22)17-9-11-18(26)12-10-17/h3-4,7-12,15,20H,5-6,13-14H2,1-2H3,(H,27,29). The minimum Gasteiger partial charge on any atom is -0.424 e. The van der Waals surface area contributed by atoms with Crippen LogP contribution in [0.5, 0.6) is 0 Å². The fraction of sp³-hybridized carbons (Fsp3) is 0.320. The number of rotatable bonds is 5. The van der Waals surface area contributed by atoms with Crippen molar-refractivity contribution in [1.29, 1.82) is 0 Å². The highest BCUT2D eigenvalue weighted by atomic mass is 32.1. The van der Waals surface area contributed by atoms with E-state index in [1.165, 1.54) is 23.5 Å². The second-order valence-electron chi connectivity index (χ2n) is 8.47.